The molecule has 2 unspecified atom stereocenters. The quantitative estimate of drug-likeness (QED) is 0.412. The molecule has 0 aromatic rings. The summed E-state index contributed by atoms with van der Waals surface area (Å²) in [4.78, 5) is 2.45. The van der Waals surface area contributed by atoms with Gasteiger partial charge in [0.2, 0.25) is 0 Å². The second kappa shape index (κ2) is 7.49. The number of hydrazine groups is 1. The van der Waals surface area contributed by atoms with Crippen LogP contribution in [-0.4, -0.2) is 42.1 Å². The zero-order valence-electron chi connectivity index (χ0n) is 10.0. The molecule has 1 saturated heterocycles. The molecule has 0 aliphatic carbocycles. The Balaban J connectivity index is 2.34. The SMILES string of the molecule is CCCCCC(NN)C1CSCCN1C. The summed E-state index contributed by atoms with van der Waals surface area (Å²) in [6.45, 7) is 3.44. The van der Waals surface area contributed by atoms with Gasteiger partial charge in [0.05, 0.1) is 0 Å². The lowest BCUT2D eigenvalue weighted by molar-refractivity contribution is 0.206. The van der Waals surface area contributed by atoms with Gasteiger partial charge in [0, 0.05) is 30.1 Å². The molecule has 0 bridgehead atoms. The van der Waals surface area contributed by atoms with Gasteiger partial charge in [0.25, 0.3) is 0 Å². The van der Waals surface area contributed by atoms with E-state index >= 15 is 0 Å². The second-order valence-electron chi connectivity index (χ2n) is 4.39. The molecule has 4 heteroatoms. The van der Waals surface area contributed by atoms with Crippen LogP contribution in [0.5, 0.6) is 0 Å². The summed E-state index contributed by atoms with van der Waals surface area (Å²) in [7, 11) is 2.22. The van der Waals surface area contributed by atoms with E-state index in [9.17, 15) is 0 Å². The van der Waals surface area contributed by atoms with Gasteiger partial charge in [-0.15, -0.1) is 0 Å². The first-order valence-electron chi connectivity index (χ1n) is 6.03. The molecule has 0 saturated carbocycles. The lowest BCUT2D eigenvalue weighted by atomic mass is 10.0. The van der Waals surface area contributed by atoms with E-state index in [1.807, 2.05) is 0 Å². The maximum Gasteiger partial charge on any atom is 0.0374 e. The summed E-state index contributed by atoms with van der Waals surface area (Å²) in [5, 5.41) is 0. The van der Waals surface area contributed by atoms with Gasteiger partial charge in [-0.05, 0) is 13.5 Å². The lowest BCUT2D eigenvalue weighted by Gasteiger charge is -2.37. The molecule has 1 heterocycles. The third-order valence-corrected chi connectivity index (χ3v) is 4.29. The average molecular weight is 231 g/mol. The van der Waals surface area contributed by atoms with Crippen molar-refractivity contribution in [3.63, 3.8) is 0 Å². The summed E-state index contributed by atoms with van der Waals surface area (Å²) in [6, 6.07) is 1.08. The Morgan fingerprint density at radius 3 is 2.93 bits per heavy atom. The number of unbranched alkanes of at least 4 members (excludes halogenated alkanes) is 2. The number of nitrogens with one attached hydrogen (secondary N) is 1. The Morgan fingerprint density at radius 1 is 1.53 bits per heavy atom. The van der Waals surface area contributed by atoms with Gasteiger partial charge in [-0.25, -0.2) is 0 Å². The first-order chi connectivity index (χ1) is 7.29. The molecule has 1 aliphatic heterocycles. The van der Waals surface area contributed by atoms with Crippen LogP contribution < -0.4 is 11.3 Å². The van der Waals surface area contributed by atoms with Gasteiger partial charge in [-0.3, -0.25) is 11.3 Å². The van der Waals surface area contributed by atoms with Crippen molar-refractivity contribution in [2.45, 2.75) is 44.7 Å². The molecule has 3 nitrogen and oxygen atoms in total. The van der Waals surface area contributed by atoms with E-state index < -0.39 is 0 Å². The fourth-order valence-corrected chi connectivity index (χ4v) is 3.44. The van der Waals surface area contributed by atoms with E-state index in [1.165, 1.54) is 43.7 Å². The molecule has 3 N–H and O–H groups in total. The highest BCUT2D eigenvalue weighted by atomic mass is 32.2. The fourth-order valence-electron chi connectivity index (χ4n) is 2.13. The number of hydrogen-bond donors (Lipinski definition) is 2. The van der Waals surface area contributed by atoms with Gasteiger partial charge >= 0.3 is 0 Å². The number of likely N-dealkylation sites (N-methyl/N-ethyl adjacent to an activating group) is 1. The fraction of sp³-hybridized carbons (Fsp3) is 1.00. The standard InChI is InChI=1S/C11H25N3S/c1-3-4-5-6-10(13-12)11-9-15-8-7-14(11)2/h10-11,13H,3-9,12H2,1-2H3. The summed E-state index contributed by atoms with van der Waals surface area (Å²) < 4.78 is 0. The highest BCUT2D eigenvalue weighted by molar-refractivity contribution is 7.99. The minimum atomic E-state index is 0.467. The third-order valence-electron chi connectivity index (χ3n) is 3.24. The van der Waals surface area contributed by atoms with Crippen molar-refractivity contribution in [1.29, 1.82) is 0 Å². The topological polar surface area (TPSA) is 41.3 Å². The van der Waals surface area contributed by atoms with Crippen molar-refractivity contribution >= 4 is 11.8 Å². The van der Waals surface area contributed by atoms with Gasteiger partial charge < -0.3 is 4.90 Å². The molecule has 15 heavy (non-hydrogen) atoms. The molecule has 0 spiro atoms. The van der Waals surface area contributed by atoms with E-state index in [4.69, 9.17) is 5.84 Å². The smallest absolute Gasteiger partial charge is 0.0374 e. The second-order valence-corrected chi connectivity index (χ2v) is 5.54. The Morgan fingerprint density at radius 2 is 2.33 bits per heavy atom. The van der Waals surface area contributed by atoms with Gasteiger partial charge in [0.1, 0.15) is 0 Å². The first kappa shape index (κ1) is 13.3. The molecule has 1 fully saturated rings. The van der Waals surface area contributed by atoms with Crippen LogP contribution in [0.25, 0.3) is 0 Å². The summed E-state index contributed by atoms with van der Waals surface area (Å²) in [6.07, 6.45) is 5.11. The lowest BCUT2D eigenvalue weighted by Crippen LogP contribution is -2.54. The predicted molar refractivity (Wildman–Crippen MR) is 69.0 cm³/mol. The molecule has 0 radical (unpaired) electrons. The summed E-state index contributed by atoms with van der Waals surface area (Å²) >= 11 is 2.05. The van der Waals surface area contributed by atoms with E-state index in [0.29, 0.717) is 12.1 Å². The Kier molecular flexibility index (Phi) is 6.64. The Hall–Kier alpha value is 0.230. The van der Waals surface area contributed by atoms with Crippen LogP contribution in [0.1, 0.15) is 32.6 Å². The molecule has 2 atom stereocenters. The number of nitrogens with zero attached hydrogens (tertiary/aromatic N) is 1. The highest BCUT2D eigenvalue weighted by Gasteiger charge is 2.26. The summed E-state index contributed by atoms with van der Waals surface area (Å²) in [5.74, 6) is 8.15. The monoisotopic (exact) mass is 231 g/mol. The molecule has 0 aromatic carbocycles. The Labute approximate surface area is 98.1 Å². The number of nitrogens with two attached hydrogens (primary N) is 1. The van der Waals surface area contributed by atoms with E-state index in [2.05, 4.69) is 36.1 Å². The van der Waals surface area contributed by atoms with Crippen LogP contribution in [-0.2, 0) is 0 Å². The van der Waals surface area contributed by atoms with E-state index in [-0.39, 0.29) is 0 Å². The molecular weight excluding hydrogens is 206 g/mol. The van der Waals surface area contributed by atoms with Crippen LogP contribution in [0, 0.1) is 0 Å². The van der Waals surface area contributed by atoms with Crippen molar-refractivity contribution in [2.75, 3.05) is 25.1 Å². The van der Waals surface area contributed by atoms with Crippen LogP contribution in [0.15, 0.2) is 0 Å². The molecule has 90 valence electrons. The largest absolute Gasteiger partial charge is 0.300 e. The zero-order valence-corrected chi connectivity index (χ0v) is 10.9. The predicted octanol–water partition coefficient (Wildman–Crippen LogP) is 1.45. The normalized spacial score (nSPS) is 25.4. The Bertz CT molecular complexity index is 166. The maximum atomic E-state index is 5.66. The summed E-state index contributed by atoms with van der Waals surface area (Å²) in [5.41, 5.74) is 3.01. The molecular formula is C11H25N3S. The zero-order chi connectivity index (χ0) is 11.1. The van der Waals surface area contributed by atoms with Crippen molar-refractivity contribution in [2.24, 2.45) is 5.84 Å². The number of thioether (sulfide) groups is 1. The van der Waals surface area contributed by atoms with Gasteiger partial charge in [-0.1, -0.05) is 26.2 Å². The van der Waals surface area contributed by atoms with Crippen LogP contribution in [0.2, 0.25) is 0 Å². The van der Waals surface area contributed by atoms with E-state index in [1.54, 1.807) is 0 Å². The van der Waals surface area contributed by atoms with Crippen molar-refractivity contribution in [3.05, 3.63) is 0 Å². The van der Waals surface area contributed by atoms with Gasteiger partial charge in [0.15, 0.2) is 0 Å². The number of rotatable bonds is 6. The van der Waals surface area contributed by atoms with Gasteiger partial charge in [-0.2, -0.15) is 11.8 Å². The minimum Gasteiger partial charge on any atom is -0.300 e. The first-order valence-corrected chi connectivity index (χ1v) is 7.19. The van der Waals surface area contributed by atoms with E-state index in [0.717, 1.165) is 0 Å². The highest BCUT2D eigenvalue weighted by Crippen LogP contribution is 2.19. The van der Waals surface area contributed by atoms with Crippen molar-refractivity contribution < 1.29 is 0 Å². The molecule has 1 rings (SSSR count). The maximum absolute atomic E-state index is 5.66. The molecule has 1 aliphatic rings. The molecule has 0 aromatic heterocycles. The van der Waals surface area contributed by atoms with Crippen LogP contribution in [0.3, 0.4) is 0 Å². The van der Waals surface area contributed by atoms with Crippen molar-refractivity contribution in [3.8, 4) is 0 Å². The molecule has 0 amide bonds. The number of hydrogen-bond acceptors (Lipinski definition) is 4. The van der Waals surface area contributed by atoms with Crippen LogP contribution in [0.4, 0.5) is 0 Å². The average Bonchev–Trinajstić information content (AvgIpc) is 2.26. The van der Waals surface area contributed by atoms with Crippen LogP contribution >= 0.6 is 11.8 Å². The minimum absolute atomic E-state index is 0.467. The van der Waals surface area contributed by atoms with Crippen molar-refractivity contribution in [1.82, 2.24) is 10.3 Å². The third kappa shape index (κ3) is 4.31.